The molecule has 1 aliphatic carbocycles. The van der Waals surface area contributed by atoms with Crippen LogP contribution in [0.15, 0.2) is 4.52 Å². The first-order chi connectivity index (χ1) is 9.89. The van der Waals surface area contributed by atoms with Gasteiger partial charge in [-0.05, 0) is 55.9 Å². The molecule has 1 heterocycles. The number of nitrogens with zero attached hydrogens (tertiary/aromatic N) is 2. The molecule has 21 heavy (non-hydrogen) atoms. The van der Waals surface area contributed by atoms with Gasteiger partial charge in [-0.1, -0.05) is 32.9 Å². The fourth-order valence-corrected chi connectivity index (χ4v) is 3.35. The van der Waals surface area contributed by atoms with Crippen LogP contribution in [-0.4, -0.2) is 16.7 Å². The summed E-state index contributed by atoms with van der Waals surface area (Å²) in [5, 5.41) is 4.23. The van der Waals surface area contributed by atoms with E-state index in [0.29, 0.717) is 29.7 Å². The molecule has 1 fully saturated rings. The molecular formula is C17H31N3O. The fraction of sp³-hybridized carbons (Fsp3) is 0.882. The van der Waals surface area contributed by atoms with E-state index in [0.717, 1.165) is 24.6 Å². The minimum absolute atomic E-state index is 0.448. The molecule has 0 radical (unpaired) electrons. The first kappa shape index (κ1) is 16.5. The van der Waals surface area contributed by atoms with Gasteiger partial charge in [0.2, 0.25) is 5.89 Å². The smallest absolute Gasteiger partial charge is 0.226 e. The molecule has 1 aromatic heterocycles. The molecule has 1 unspecified atom stereocenters. The number of aromatic nitrogens is 2. The van der Waals surface area contributed by atoms with Gasteiger partial charge in [0, 0.05) is 12.3 Å². The molecule has 0 amide bonds. The molecule has 4 nitrogen and oxygen atoms in total. The van der Waals surface area contributed by atoms with Crippen molar-refractivity contribution in [2.75, 3.05) is 6.54 Å². The molecule has 1 aliphatic rings. The highest BCUT2D eigenvalue weighted by Gasteiger charge is 2.30. The average molecular weight is 293 g/mol. The Bertz CT molecular complexity index is 429. The van der Waals surface area contributed by atoms with Crippen molar-refractivity contribution in [3.63, 3.8) is 0 Å². The third-order valence-electron chi connectivity index (χ3n) is 4.79. The Morgan fingerprint density at radius 2 is 1.95 bits per heavy atom. The maximum atomic E-state index is 5.86. The molecule has 1 atom stereocenters. The summed E-state index contributed by atoms with van der Waals surface area (Å²) in [5.74, 6) is 3.27. The van der Waals surface area contributed by atoms with E-state index in [2.05, 4.69) is 37.8 Å². The summed E-state index contributed by atoms with van der Waals surface area (Å²) in [6.07, 6.45) is 6.79. The fourth-order valence-electron chi connectivity index (χ4n) is 3.35. The topological polar surface area (TPSA) is 64.9 Å². The summed E-state index contributed by atoms with van der Waals surface area (Å²) in [4.78, 5) is 4.64. The van der Waals surface area contributed by atoms with Crippen molar-refractivity contribution in [1.82, 2.24) is 10.1 Å². The lowest BCUT2D eigenvalue weighted by Crippen LogP contribution is -2.21. The predicted octanol–water partition coefficient (Wildman–Crippen LogP) is 3.92. The summed E-state index contributed by atoms with van der Waals surface area (Å²) in [6.45, 7) is 9.84. The minimum atomic E-state index is 0.448. The van der Waals surface area contributed by atoms with Crippen molar-refractivity contribution in [3.05, 3.63) is 11.7 Å². The van der Waals surface area contributed by atoms with Gasteiger partial charge in [-0.2, -0.15) is 4.98 Å². The van der Waals surface area contributed by atoms with Crippen LogP contribution in [0.1, 0.15) is 77.4 Å². The van der Waals surface area contributed by atoms with Gasteiger partial charge >= 0.3 is 0 Å². The van der Waals surface area contributed by atoms with Gasteiger partial charge in [0.25, 0.3) is 0 Å². The second-order valence-corrected chi connectivity index (χ2v) is 7.92. The van der Waals surface area contributed by atoms with E-state index in [-0.39, 0.29) is 0 Å². The van der Waals surface area contributed by atoms with Crippen LogP contribution in [0.3, 0.4) is 0 Å². The van der Waals surface area contributed by atoms with E-state index in [9.17, 15) is 0 Å². The van der Waals surface area contributed by atoms with Crippen LogP contribution >= 0.6 is 0 Å². The Kier molecular flexibility index (Phi) is 5.42. The molecular weight excluding hydrogens is 262 g/mol. The maximum Gasteiger partial charge on any atom is 0.226 e. The summed E-state index contributed by atoms with van der Waals surface area (Å²) < 4.78 is 5.47. The van der Waals surface area contributed by atoms with E-state index in [1.54, 1.807) is 0 Å². The second kappa shape index (κ2) is 6.91. The molecule has 0 bridgehead atoms. The van der Waals surface area contributed by atoms with E-state index in [1.165, 1.54) is 25.7 Å². The number of hydrogen-bond acceptors (Lipinski definition) is 4. The molecule has 0 aromatic carbocycles. The monoisotopic (exact) mass is 293 g/mol. The maximum absolute atomic E-state index is 5.86. The lowest BCUT2D eigenvalue weighted by atomic mass is 9.73. The first-order valence-electron chi connectivity index (χ1n) is 8.42. The SMILES string of the molecule is CC(C)CC(CN)Cc1nc(C2CCC(C)(C)CC2)no1. The highest BCUT2D eigenvalue weighted by atomic mass is 16.5. The van der Waals surface area contributed by atoms with Gasteiger partial charge in [0.15, 0.2) is 5.82 Å². The Labute approximate surface area is 128 Å². The largest absolute Gasteiger partial charge is 0.339 e. The van der Waals surface area contributed by atoms with Crippen LogP contribution in [-0.2, 0) is 6.42 Å². The summed E-state index contributed by atoms with van der Waals surface area (Å²) in [6, 6.07) is 0. The van der Waals surface area contributed by atoms with Crippen molar-refractivity contribution < 1.29 is 4.52 Å². The van der Waals surface area contributed by atoms with E-state index >= 15 is 0 Å². The summed E-state index contributed by atoms with van der Waals surface area (Å²) in [7, 11) is 0. The third-order valence-corrected chi connectivity index (χ3v) is 4.79. The molecule has 0 aliphatic heterocycles. The average Bonchev–Trinajstić information content (AvgIpc) is 2.86. The lowest BCUT2D eigenvalue weighted by molar-refractivity contribution is 0.218. The van der Waals surface area contributed by atoms with Gasteiger partial charge in [-0.3, -0.25) is 0 Å². The predicted molar refractivity (Wildman–Crippen MR) is 85.0 cm³/mol. The van der Waals surface area contributed by atoms with Crippen molar-refractivity contribution in [2.45, 2.75) is 72.1 Å². The molecule has 1 aromatic rings. The van der Waals surface area contributed by atoms with Gasteiger partial charge in [0.1, 0.15) is 0 Å². The second-order valence-electron chi connectivity index (χ2n) is 7.92. The highest BCUT2D eigenvalue weighted by molar-refractivity contribution is 4.99. The first-order valence-corrected chi connectivity index (χ1v) is 8.42. The summed E-state index contributed by atoms with van der Waals surface area (Å²) in [5.41, 5.74) is 6.34. The van der Waals surface area contributed by atoms with Crippen molar-refractivity contribution >= 4 is 0 Å². The Morgan fingerprint density at radius 3 is 2.52 bits per heavy atom. The Hall–Kier alpha value is -0.900. The molecule has 0 saturated heterocycles. The Balaban J connectivity index is 1.92. The lowest BCUT2D eigenvalue weighted by Gasteiger charge is -2.32. The molecule has 4 heteroatoms. The van der Waals surface area contributed by atoms with Crippen LogP contribution in [0.4, 0.5) is 0 Å². The Morgan fingerprint density at radius 1 is 1.29 bits per heavy atom. The molecule has 1 saturated carbocycles. The van der Waals surface area contributed by atoms with E-state index < -0.39 is 0 Å². The number of nitrogens with two attached hydrogens (primary N) is 1. The van der Waals surface area contributed by atoms with E-state index in [1.807, 2.05) is 0 Å². The third kappa shape index (κ3) is 4.80. The quantitative estimate of drug-likeness (QED) is 0.863. The molecule has 2 N–H and O–H groups in total. The summed E-state index contributed by atoms with van der Waals surface area (Å²) >= 11 is 0. The zero-order valence-electron chi connectivity index (χ0n) is 14.1. The van der Waals surface area contributed by atoms with Crippen LogP contribution < -0.4 is 5.73 Å². The van der Waals surface area contributed by atoms with Gasteiger partial charge < -0.3 is 10.3 Å². The number of hydrogen-bond donors (Lipinski definition) is 1. The minimum Gasteiger partial charge on any atom is -0.339 e. The van der Waals surface area contributed by atoms with Crippen molar-refractivity contribution in [1.29, 1.82) is 0 Å². The normalized spacial score (nSPS) is 20.9. The van der Waals surface area contributed by atoms with Crippen molar-refractivity contribution in [3.8, 4) is 0 Å². The zero-order chi connectivity index (χ0) is 15.5. The van der Waals surface area contributed by atoms with Gasteiger partial charge in [-0.25, -0.2) is 0 Å². The van der Waals surface area contributed by atoms with Crippen molar-refractivity contribution in [2.24, 2.45) is 23.0 Å². The molecule has 120 valence electrons. The van der Waals surface area contributed by atoms with E-state index in [4.69, 9.17) is 10.3 Å². The number of rotatable bonds is 6. The zero-order valence-corrected chi connectivity index (χ0v) is 14.1. The highest BCUT2D eigenvalue weighted by Crippen LogP contribution is 2.41. The van der Waals surface area contributed by atoms with Gasteiger partial charge in [0.05, 0.1) is 0 Å². The van der Waals surface area contributed by atoms with Crippen LogP contribution in [0.5, 0.6) is 0 Å². The standard InChI is InChI=1S/C17H31N3O/c1-12(2)9-13(11-18)10-15-19-16(20-21-15)14-5-7-17(3,4)8-6-14/h12-14H,5-11,18H2,1-4H3. The van der Waals surface area contributed by atoms with Crippen LogP contribution in [0.25, 0.3) is 0 Å². The van der Waals surface area contributed by atoms with Crippen LogP contribution in [0, 0.1) is 17.3 Å². The molecule has 0 spiro atoms. The van der Waals surface area contributed by atoms with Gasteiger partial charge in [-0.15, -0.1) is 0 Å². The molecule has 2 rings (SSSR count). The van der Waals surface area contributed by atoms with Crippen LogP contribution in [0.2, 0.25) is 0 Å².